The lowest BCUT2D eigenvalue weighted by atomic mass is 9.85. The molecule has 0 radical (unpaired) electrons. The summed E-state index contributed by atoms with van der Waals surface area (Å²) < 4.78 is 19.3. The second-order valence-corrected chi connectivity index (χ2v) is 5.11. The predicted octanol–water partition coefficient (Wildman–Crippen LogP) is 3.82. The lowest BCUT2D eigenvalue weighted by Crippen LogP contribution is -2.19. The summed E-state index contributed by atoms with van der Waals surface area (Å²) in [7, 11) is 0. The minimum atomic E-state index is -0.365. The average molecular weight is 259 g/mol. The van der Waals surface area contributed by atoms with Crippen molar-refractivity contribution >= 4 is 0 Å². The maximum Gasteiger partial charge on any atom is 0.130 e. The molecule has 0 N–H and O–H groups in total. The highest BCUT2D eigenvalue weighted by atomic mass is 19.1. The number of hydrogen-bond acceptors (Lipinski definition) is 2. The molecule has 100 valence electrons. The van der Waals surface area contributed by atoms with E-state index >= 15 is 0 Å². The van der Waals surface area contributed by atoms with Crippen LogP contribution in [0.15, 0.2) is 30.4 Å². The molecule has 0 bridgehead atoms. The van der Waals surface area contributed by atoms with E-state index in [1.165, 1.54) is 6.07 Å². The molecule has 1 aliphatic carbocycles. The first-order chi connectivity index (χ1) is 9.20. The normalized spacial score (nSPS) is 22.2. The first kappa shape index (κ1) is 13.8. The fourth-order valence-corrected chi connectivity index (χ4v) is 2.29. The van der Waals surface area contributed by atoms with Gasteiger partial charge in [0.25, 0.3) is 0 Å². The Morgan fingerprint density at radius 1 is 1.37 bits per heavy atom. The van der Waals surface area contributed by atoms with Gasteiger partial charge in [-0.1, -0.05) is 25.1 Å². The van der Waals surface area contributed by atoms with E-state index in [4.69, 9.17) is 10.00 Å². The highest BCUT2D eigenvalue weighted by Crippen LogP contribution is 2.25. The van der Waals surface area contributed by atoms with Gasteiger partial charge < -0.3 is 4.74 Å². The summed E-state index contributed by atoms with van der Waals surface area (Å²) in [6.07, 6.45) is 6.54. The molecule has 3 heteroatoms. The van der Waals surface area contributed by atoms with Gasteiger partial charge in [-0.05, 0) is 36.8 Å². The largest absolute Gasteiger partial charge is 0.376 e. The Bertz CT molecular complexity index is 504. The number of allylic oxidation sites excluding steroid dienone is 2. The van der Waals surface area contributed by atoms with Gasteiger partial charge in [-0.2, -0.15) is 5.26 Å². The van der Waals surface area contributed by atoms with Crippen LogP contribution in [0.25, 0.3) is 0 Å². The van der Waals surface area contributed by atoms with E-state index in [1.807, 2.05) is 6.07 Å². The first-order valence-electron chi connectivity index (χ1n) is 6.62. The van der Waals surface area contributed by atoms with Crippen LogP contribution in [-0.4, -0.2) is 6.61 Å². The van der Waals surface area contributed by atoms with Crippen LogP contribution in [0.4, 0.5) is 4.39 Å². The zero-order chi connectivity index (χ0) is 13.7. The van der Waals surface area contributed by atoms with Gasteiger partial charge in [0.2, 0.25) is 0 Å². The van der Waals surface area contributed by atoms with Gasteiger partial charge in [0.15, 0.2) is 0 Å². The molecule has 2 atom stereocenters. The Balaban J connectivity index is 1.86. The van der Waals surface area contributed by atoms with E-state index in [2.05, 4.69) is 19.1 Å². The fourth-order valence-electron chi connectivity index (χ4n) is 2.29. The van der Waals surface area contributed by atoms with Gasteiger partial charge in [0, 0.05) is 5.56 Å². The third kappa shape index (κ3) is 3.65. The number of hydrogen-bond donors (Lipinski definition) is 0. The topological polar surface area (TPSA) is 33.0 Å². The van der Waals surface area contributed by atoms with Crippen molar-refractivity contribution in [3.63, 3.8) is 0 Å². The van der Waals surface area contributed by atoms with Crippen LogP contribution in [0, 0.1) is 29.0 Å². The molecule has 0 fully saturated rings. The molecule has 0 heterocycles. The van der Waals surface area contributed by atoms with Gasteiger partial charge in [-0.3, -0.25) is 0 Å². The van der Waals surface area contributed by atoms with Crippen LogP contribution in [0.3, 0.4) is 0 Å². The molecule has 0 aliphatic heterocycles. The molecular formula is C16H18FNO. The molecular weight excluding hydrogens is 241 g/mol. The van der Waals surface area contributed by atoms with Crippen LogP contribution in [0.1, 0.15) is 30.9 Å². The van der Waals surface area contributed by atoms with Gasteiger partial charge in [0.05, 0.1) is 24.8 Å². The molecule has 0 spiro atoms. The average Bonchev–Trinajstić information content (AvgIpc) is 2.42. The molecule has 2 unspecified atom stereocenters. The summed E-state index contributed by atoms with van der Waals surface area (Å²) >= 11 is 0. The first-order valence-corrected chi connectivity index (χ1v) is 6.62. The Hall–Kier alpha value is -1.66. The highest BCUT2D eigenvalue weighted by molar-refractivity contribution is 5.32. The third-order valence-electron chi connectivity index (χ3n) is 3.69. The predicted molar refractivity (Wildman–Crippen MR) is 71.8 cm³/mol. The van der Waals surface area contributed by atoms with Crippen LogP contribution < -0.4 is 0 Å². The van der Waals surface area contributed by atoms with E-state index in [0.29, 0.717) is 29.6 Å². The van der Waals surface area contributed by atoms with Crippen LogP contribution in [-0.2, 0) is 11.3 Å². The summed E-state index contributed by atoms with van der Waals surface area (Å²) in [5, 5.41) is 8.67. The Morgan fingerprint density at radius 3 is 2.84 bits per heavy atom. The maximum atomic E-state index is 13.6. The zero-order valence-electron chi connectivity index (χ0n) is 11.1. The lowest BCUT2D eigenvalue weighted by Gasteiger charge is -2.24. The van der Waals surface area contributed by atoms with Crippen molar-refractivity contribution in [2.24, 2.45) is 11.8 Å². The Kier molecular flexibility index (Phi) is 4.70. The second-order valence-electron chi connectivity index (χ2n) is 5.11. The quantitative estimate of drug-likeness (QED) is 0.770. The Morgan fingerprint density at radius 2 is 2.16 bits per heavy atom. The number of rotatable bonds is 4. The van der Waals surface area contributed by atoms with Gasteiger partial charge in [0.1, 0.15) is 5.82 Å². The van der Waals surface area contributed by atoms with Crippen molar-refractivity contribution in [3.8, 4) is 6.07 Å². The molecule has 0 saturated heterocycles. The number of ether oxygens (including phenoxy) is 1. The summed E-state index contributed by atoms with van der Waals surface area (Å²) in [5.74, 6) is 0.776. The molecule has 19 heavy (non-hydrogen) atoms. The molecule has 0 saturated carbocycles. The van der Waals surface area contributed by atoms with E-state index < -0.39 is 0 Å². The van der Waals surface area contributed by atoms with Crippen molar-refractivity contribution in [1.29, 1.82) is 5.26 Å². The van der Waals surface area contributed by atoms with Gasteiger partial charge >= 0.3 is 0 Å². The van der Waals surface area contributed by atoms with Crippen molar-refractivity contribution in [1.82, 2.24) is 0 Å². The number of benzene rings is 1. The van der Waals surface area contributed by atoms with Gasteiger partial charge in [-0.15, -0.1) is 0 Å². The summed E-state index contributed by atoms with van der Waals surface area (Å²) in [6.45, 7) is 3.15. The number of nitriles is 1. The second kappa shape index (κ2) is 6.49. The monoisotopic (exact) mass is 259 g/mol. The van der Waals surface area contributed by atoms with Crippen molar-refractivity contribution in [2.75, 3.05) is 6.61 Å². The van der Waals surface area contributed by atoms with Crippen molar-refractivity contribution in [2.45, 2.75) is 26.4 Å². The van der Waals surface area contributed by atoms with E-state index in [-0.39, 0.29) is 12.4 Å². The molecule has 0 aromatic heterocycles. The van der Waals surface area contributed by atoms with E-state index in [0.717, 1.165) is 12.8 Å². The standard InChI is InChI=1S/C16H18FNO/c1-12-4-2-3-5-14(12)10-19-11-15-7-6-13(9-18)8-16(15)17/h2-3,6-8,12,14H,4-5,10-11H2,1H3. The molecule has 2 rings (SSSR count). The van der Waals surface area contributed by atoms with Crippen molar-refractivity contribution < 1.29 is 9.13 Å². The summed E-state index contributed by atoms with van der Waals surface area (Å²) in [6, 6.07) is 6.42. The number of halogens is 1. The minimum absolute atomic E-state index is 0.268. The zero-order valence-corrected chi connectivity index (χ0v) is 11.1. The van der Waals surface area contributed by atoms with Crippen LogP contribution >= 0.6 is 0 Å². The molecule has 1 aromatic rings. The minimum Gasteiger partial charge on any atom is -0.376 e. The summed E-state index contributed by atoms with van der Waals surface area (Å²) in [4.78, 5) is 0. The van der Waals surface area contributed by atoms with Gasteiger partial charge in [-0.25, -0.2) is 4.39 Å². The molecule has 2 nitrogen and oxygen atoms in total. The molecule has 0 amide bonds. The van der Waals surface area contributed by atoms with E-state index in [1.54, 1.807) is 12.1 Å². The summed E-state index contributed by atoms with van der Waals surface area (Å²) in [5.41, 5.74) is 0.852. The molecule has 1 aromatic carbocycles. The number of nitrogens with zero attached hydrogens (tertiary/aromatic N) is 1. The van der Waals surface area contributed by atoms with Crippen LogP contribution in [0.5, 0.6) is 0 Å². The maximum absolute atomic E-state index is 13.6. The smallest absolute Gasteiger partial charge is 0.130 e. The van der Waals surface area contributed by atoms with E-state index in [9.17, 15) is 4.39 Å². The SMILES string of the molecule is CC1CC=CCC1COCc1ccc(C#N)cc1F. The Labute approximate surface area is 113 Å². The lowest BCUT2D eigenvalue weighted by molar-refractivity contribution is 0.0665. The van der Waals surface area contributed by atoms with Crippen LogP contribution in [0.2, 0.25) is 0 Å². The third-order valence-corrected chi connectivity index (χ3v) is 3.69. The van der Waals surface area contributed by atoms with Crippen molar-refractivity contribution in [3.05, 3.63) is 47.3 Å². The molecule has 1 aliphatic rings. The fraction of sp³-hybridized carbons (Fsp3) is 0.438. The highest BCUT2D eigenvalue weighted by Gasteiger charge is 2.18.